The highest BCUT2D eigenvalue weighted by atomic mass is 16.5. The number of amides is 1. The van der Waals surface area contributed by atoms with Crippen molar-refractivity contribution in [2.75, 3.05) is 0 Å². The quantitative estimate of drug-likeness (QED) is 0.875. The van der Waals surface area contributed by atoms with Gasteiger partial charge in [0.25, 0.3) is 5.91 Å². The molecule has 2 rings (SSSR count). The SMILES string of the molecule is Cc1ccc(OC(C)C(=O)NC(C)c2ccc(C)c(C)c2)cc1C. The van der Waals surface area contributed by atoms with Crippen molar-refractivity contribution in [2.45, 2.75) is 53.7 Å². The molecule has 24 heavy (non-hydrogen) atoms. The van der Waals surface area contributed by atoms with Crippen LogP contribution in [-0.2, 0) is 4.79 Å². The van der Waals surface area contributed by atoms with E-state index in [2.05, 4.69) is 44.3 Å². The van der Waals surface area contributed by atoms with E-state index >= 15 is 0 Å². The van der Waals surface area contributed by atoms with Gasteiger partial charge in [0.2, 0.25) is 0 Å². The summed E-state index contributed by atoms with van der Waals surface area (Å²) in [7, 11) is 0. The van der Waals surface area contributed by atoms with Crippen LogP contribution in [-0.4, -0.2) is 12.0 Å². The van der Waals surface area contributed by atoms with E-state index in [9.17, 15) is 4.79 Å². The second kappa shape index (κ2) is 7.52. The lowest BCUT2D eigenvalue weighted by molar-refractivity contribution is -0.127. The Morgan fingerprint density at radius 1 is 0.875 bits per heavy atom. The van der Waals surface area contributed by atoms with Gasteiger partial charge in [0.05, 0.1) is 6.04 Å². The number of rotatable bonds is 5. The van der Waals surface area contributed by atoms with Gasteiger partial charge in [-0.05, 0) is 81.5 Å². The molecule has 1 N–H and O–H groups in total. The number of carbonyl (C=O) groups is 1. The number of nitrogens with one attached hydrogen (secondary N) is 1. The predicted octanol–water partition coefficient (Wildman–Crippen LogP) is 4.56. The third-order valence-electron chi connectivity index (χ3n) is 4.55. The van der Waals surface area contributed by atoms with E-state index in [0.29, 0.717) is 0 Å². The Kier molecular flexibility index (Phi) is 5.66. The fourth-order valence-electron chi connectivity index (χ4n) is 2.49. The van der Waals surface area contributed by atoms with Crippen LogP contribution >= 0.6 is 0 Å². The number of carbonyl (C=O) groups excluding carboxylic acids is 1. The lowest BCUT2D eigenvalue weighted by Gasteiger charge is -2.20. The first-order chi connectivity index (χ1) is 11.3. The van der Waals surface area contributed by atoms with Crippen molar-refractivity contribution in [2.24, 2.45) is 0 Å². The molecule has 0 spiro atoms. The zero-order valence-corrected chi connectivity index (χ0v) is 15.4. The second-order valence-electron chi connectivity index (χ2n) is 6.58. The van der Waals surface area contributed by atoms with E-state index in [4.69, 9.17) is 4.74 Å². The molecule has 3 heteroatoms. The fraction of sp³-hybridized carbons (Fsp3) is 0.381. The van der Waals surface area contributed by atoms with Crippen molar-refractivity contribution in [3.63, 3.8) is 0 Å². The van der Waals surface area contributed by atoms with E-state index in [0.717, 1.165) is 16.9 Å². The number of ether oxygens (including phenoxy) is 1. The van der Waals surface area contributed by atoms with Crippen molar-refractivity contribution < 1.29 is 9.53 Å². The summed E-state index contributed by atoms with van der Waals surface area (Å²) in [6.45, 7) is 12.0. The molecular weight excluding hydrogens is 298 g/mol. The molecule has 0 saturated carbocycles. The number of hydrogen-bond donors (Lipinski definition) is 1. The van der Waals surface area contributed by atoms with Crippen LogP contribution in [0.15, 0.2) is 36.4 Å². The Labute approximate surface area is 145 Å². The third kappa shape index (κ3) is 4.38. The molecule has 0 aromatic heterocycles. The maximum atomic E-state index is 12.4. The molecule has 128 valence electrons. The highest BCUT2D eigenvalue weighted by molar-refractivity contribution is 5.81. The first-order valence-corrected chi connectivity index (χ1v) is 8.39. The lowest BCUT2D eigenvalue weighted by Crippen LogP contribution is -2.37. The Bertz CT molecular complexity index is 737. The number of hydrogen-bond acceptors (Lipinski definition) is 2. The molecule has 2 aromatic carbocycles. The molecule has 0 saturated heterocycles. The summed E-state index contributed by atoms with van der Waals surface area (Å²) in [6.07, 6.45) is -0.541. The van der Waals surface area contributed by atoms with Crippen LogP contribution in [0.3, 0.4) is 0 Å². The van der Waals surface area contributed by atoms with Gasteiger partial charge >= 0.3 is 0 Å². The van der Waals surface area contributed by atoms with Gasteiger partial charge in [-0.15, -0.1) is 0 Å². The highest BCUT2D eigenvalue weighted by Gasteiger charge is 2.18. The molecular formula is C21H27NO2. The molecule has 3 nitrogen and oxygen atoms in total. The van der Waals surface area contributed by atoms with Crippen molar-refractivity contribution in [1.82, 2.24) is 5.32 Å². The van der Waals surface area contributed by atoms with E-state index in [1.54, 1.807) is 6.92 Å². The molecule has 2 aromatic rings. The van der Waals surface area contributed by atoms with Gasteiger partial charge in [-0.1, -0.05) is 24.3 Å². The monoisotopic (exact) mass is 325 g/mol. The summed E-state index contributed by atoms with van der Waals surface area (Å²) in [6, 6.07) is 12.1. The van der Waals surface area contributed by atoms with Crippen molar-refractivity contribution >= 4 is 5.91 Å². The van der Waals surface area contributed by atoms with Crippen LogP contribution in [0.1, 0.15) is 47.7 Å². The van der Waals surface area contributed by atoms with Crippen LogP contribution in [0.25, 0.3) is 0 Å². The van der Waals surface area contributed by atoms with Crippen LogP contribution in [0.2, 0.25) is 0 Å². The van der Waals surface area contributed by atoms with E-state index in [1.807, 2.05) is 32.0 Å². The maximum Gasteiger partial charge on any atom is 0.261 e. The van der Waals surface area contributed by atoms with E-state index in [-0.39, 0.29) is 11.9 Å². The van der Waals surface area contributed by atoms with Crippen LogP contribution in [0, 0.1) is 27.7 Å². The van der Waals surface area contributed by atoms with Crippen LogP contribution < -0.4 is 10.1 Å². The van der Waals surface area contributed by atoms with Crippen molar-refractivity contribution in [3.8, 4) is 5.75 Å². The average molecular weight is 325 g/mol. The minimum atomic E-state index is -0.541. The highest BCUT2D eigenvalue weighted by Crippen LogP contribution is 2.19. The summed E-state index contributed by atoms with van der Waals surface area (Å²) in [5.41, 5.74) is 5.95. The Balaban J connectivity index is 1.99. The molecule has 1 amide bonds. The van der Waals surface area contributed by atoms with Gasteiger partial charge in [0, 0.05) is 0 Å². The summed E-state index contributed by atoms with van der Waals surface area (Å²) < 4.78 is 5.78. The zero-order valence-electron chi connectivity index (χ0n) is 15.4. The second-order valence-corrected chi connectivity index (χ2v) is 6.58. The normalized spacial score (nSPS) is 13.2. The number of benzene rings is 2. The first-order valence-electron chi connectivity index (χ1n) is 8.39. The minimum Gasteiger partial charge on any atom is -0.481 e. The lowest BCUT2D eigenvalue weighted by atomic mass is 10.0. The molecule has 0 heterocycles. The Morgan fingerprint density at radius 3 is 2.04 bits per heavy atom. The summed E-state index contributed by atoms with van der Waals surface area (Å²) in [5, 5.41) is 3.02. The smallest absolute Gasteiger partial charge is 0.261 e. The van der Waals surface area contributed by atoms with Crippen molar-refractivity contribution in [1.29, 1.82) is 0 Å². The van der Waals surface area contributed by atoms with Gasteiger partial charge < -0.3 is 10.1 Å². The van der Waals surface area contributed by atoms with Gasteiger partial charge in [-0.3, -0.25) is 4.79 Å². The largest absolute Gasteiger partial charge is 0.481 e. The molecule has 2 atom stereocenters. The van der Waals surface area contributed by atoms with Gasteiger partial charge in [-0.25, -0.2) is 0 Å². The maximum absolute atomic E-state index is 12.4. The summed E-state index contributed by atoms with van der Waals surface area (Å²) in [4.78, 5) is 12.4. The summed E-state index contributed by atoms with van der Waals surface area (Å²) >= 11 is 0. The minimum absolute atomic E-state index is 0.0531. The molecule has 0 aliphatic rings. The Hall–Kier alpha value is -2.29. The zero-order chi connectivity index (χ0) is 17.9. The predicted molar refractivity (Wildman–Crippen MR) is 98.5 cm³/mol. The standard InChI is InChI=1S/C21H27NO2/c1-13-7-9-19(11-15(13)3)17(5)22-21(23)18(6)24-20-10-8-14(2)16(4)12-20/h7-12,17-18H,1-6H3,(H,22,23). The number of aryl methyl sites for hydroxylation is 4. The molecule has 0 aliphatic carbocycles. The molecule has 2 unspecified atom stereocenters. The third-order valence-corrected chi connectivity index (χ3v) is 4.55. The molecule has 0 aliphatic heterocycles. The van der Waals surface area contributed by atoms with Gasteiger partial charge in [0.15, 0.2) is 6.10 Å². The topological polar surface area (TPSA) is 38.3 Å². The van der Waals surface area contributed by atoms with E-state index in [1.165, 1.54) is 16.7 Å². The van der Waals surface area contributed by atoms with Crippen molar-refractivity contribution in [3.05, 3.63) is 64.2 Å². The molecule has 0 bridgehead atoms. The van der Waals surface area contributed by atoms with Crippen LogP contribution in [0.4, 0.5) is 0 Å². The molecule has 0 fully saturated rings. The first kappa shape index (κ1) is 18.1. The van der Waals surface area contributed by atoms with Crippen LogP contribution in [0.5, 0.6) is 5.75 Å². The Morgan fingerprint density at radius 2 is 1.46 bits per heavy atom. The van der Waals surface area contributed by atoms with E-state index < -0.39 is 6.10 Å². The molecule has 0 radical (unpaired) electrons. The average Bonchev–Trinajstić information content (AvgIpc) is 2.53. The summed E-state index contributed by atoms with van der Waals surface area (Å²) in [5.74, 6) is 0.610. The fourth-order valence-corrected chi connectivity index (χ4v) is 2.49. The van der Waals surface area contributed by atoms with Gasteiger partial charge in [0.1, 0.15) is 5.75 Å². The van der Waals surface area contributed by atoms with Gasteiger partial charge in [-0.2, -0.15) is 0 Å².